The van der Waals surface area contributed by atoms with Crippen molar-refractivity contribution in [2.45, 2.75) is 6.92 Å². The van der Waals surface area contributed by atoms with Crippen LogP contribution in [-0.4, -0.2) is 23.2 Å². The standard InChI is InChI=1S/C5H5.Bi.H/c1-3-5-4-2;;/h1,3H,2H3;;. The molecule has 1 heteroatoms. The Labute approximate surface area is 49.5 Å². The minimum atomic E-state index is -0.315. The molecular weight excluding hydrogens is 269 g/mol. The molecule has 0 nitrogen and oxygen atoms in total. The van der Waals surface area contributed by atoms with Gasteiger partial charge < -0.3 is 0 Å². The van der Waals surface area contributed by atoms with Crippen molar-refractivity contribution >= 4 is 23.2 Å². The summed E-state index contributed by atoms with van der Waals surface area (Å²) in [4.78, 5) is 0. The normalized spacial score (nSPS) is 18.5. The third kappa shape index (κ3) is 0.910. The van der Waals surface area contributed by atoms with E-state index in [-0.39, 0.29) is 23.2 Å². The Morgan fingerprint density at radius 3 is 2.83 bits per heavy atom. The van der Waals surface area contributed by atoms with E-state index in [4.69, 9.17) is 0 Å². The second kappa shape index (κ2) is 1.88. The van der Waals surface area contributed by atoms with E-state index in [1.54, 1.807) is 0 Å². The molecule has 0 unspecified atom stereocenters. The molecule has 0 saturated carbocycles. The van der Waals surface area contributed by atoms with E-state index < -0.39 is 0 Å². The van der Waals surface area contributed by atoms with Crippen molar-refractivity contribution in [3.05, 3.63) is 19.2 Å². The molecule has 1 rings (SSSR count). The topological polar surface area (TPSA) is 0 Å². The summed E-state index contributed by atoms with van der Waals surface area (Å²) in [7, 11) is 0. The molecule has 1 aliphatic heterocycles. The Morgan fingerprint density at radius 2 is 2.67 bits per heavy atom. The van der Waals surface area contributed by atoms with Crippen molar-refractivity contribution < 1.29 is 0 Å². The van der Waals surface area contributed by atoms with Crippen LogP contribution in [0, 0.1) is 6.08 Å². The fourth-order valence-corrected chi connectivity index (χ4v) is 2.64. The maximum absolute atomic E-state index is 3.14. The summed E-state index contributed by atoms with van der Waals surface area (Å²) < 4.78 is 3.84. The van der Waals surface area contributed by atoms with Crippen molar-refractivity contribution in [3.8, 4) is 0 Å². The molecule has 0 aliphatic carbocycles. The van der Waals surface area contributed by atoms with Gasteiger partial charge in [0.1, 0.15) is 0 Å². The molecule has 0 spiro atoms. The van der Waals surface area contributed by atoms with Gasteiger partial charge in [0.15, 0.2) is 0 Å². The molecule has 1 radical (unpaired) electrons. The molecule has 0 saturated heterocycles. The fraction of sp³-hybridized carbons (Fsp3) is 0.200. The van der Waals surface area contributed by atoms with Gasteiger partial charge in [-0.05, 0) is 0 Å². The second-order valence-electron chi connectivity index (χ2n) is 1.25. The van der Waals surface area contributed by atoms with E-state index in [1.165, 1.54) is 3.28 Å². The average molecular weight is 275 g/mol. The van der Waals surface area contributed by atoms with Crippen molar-refractivity contribution in [1.82, 2.24) is 0 Å². The predicted octanol–water partition coefficient (Wildman–Crippen LogP) is 0.657. The monoisotopic (exact) mass is 275 g/mol. The van der Waals surface area contributed by atoms with Gasteiger partial charge in [0, 0.05) is 0 Å². The summed E-state index contributed by atoms with van der Waals surface area (Å²) in [5.41, 5.74) is 0. The van der Waals surface area contributed by atoms with E-state index in [0.29, 0.717) is 0 Å². The first-order chi connectivity index (χ1) is 2.89. The first-order valence-corrected chi connectivity index (χ1v) is 6.10. The number of rotatable bonds is 0. The van der Waals surface area contributed by atoms with Gasteiger partial charge in [-0.15, -0.1) is 0 Å². The first-order valence-electron chi connectivity index (χ1n) is 1.91. The minimum absolute atomic E-state index is 0.315. The molecule has 0 amide bonds. The van der Waals surface area contributed by atoms with Crippen LogP contribution in [0.2, 0.25) is 0 Å². The molecule has 31 valence electrons. The molecule has 0 bridgehead atoms. The van der Waals surface area contributed by atoms with Crippen molar-refractivity contribution in [2.24, 2.45) is 0 Å². The van der Waals surface area contributed by atoms with E-state index >= 15 is 0 Å². The van der Waals surface area contributed by atoms with Gasteiger partial charge in [-0.3, -0.25) is 0 Å². The average Bonchev–Trinajstić information content (AvgIpc) is 1.86. The molecule has 0 N–H and O–H groups in total. The summed E-state index contributed by atoms with van der Waals surface area (Å²) in [6, 6.07) is 0. The molecule has 1 heterocycles. The van der Waals surface area contributed by atoms with Crippen molar-refractivity contribution in [3.63, 3.8) is 0 Å². The van der Waals surface area contributed by atoms with Gasteiger partial charge in [0.05, 0.1) is 0 Å². The first kappa shape index (κ1) is 4.52. The third-order valence-electron chi connectivity index (χ3n) is 0.683. The zero-order valence-corrected chi connectivity index (χ0v) is 7.54. The molecule has 0 aromatic rings. The Bertz CT molecular complexity index is 101. The van der Waals surface area contributed by atoms with Crippen molar-refractivity contribution in [1.29, 1.82) is 0 Å². The summed E-state index contributed by atoms with van der Waals surface area (Å²) >= 11 is -0.315. The second-order valence-corrected chi connectivity index (χ2v) is 6.58. The number of hydrogen-bond donors (Lipinski definition) is 0. The van der Waals surface area contributed by atoms with Crippen LogP contribution in [0.25, 0.3) is 0 Å². The van der Waals surface area contributed by atoms with Gasteiger partial charge in [-0.2, -0.15) is 0 Å². The molecule has 6 heavy (non-hydrogen) atoms. The molecule has 0 fully saturated rings. The van der Waals surface area contributed by atoms with Crippen LogP contribution in [0.15, 0.2) is 13.1 Å². The maximum atomic E-state index is 3.14. The zero-order valence-electron chi connectivity index (χ0n) is 3.65. The number of hydrogen-bond acceptors (Lipinski definition) is 0. The summed E-state index contributed by atoms with van der Waals surface area (Å²) in [6.07, 6.45) is 5.20. The van der Waals surface area contributed by atoms with Crippen LogP contribution in [0.3, 0.4) is 0 Å². The number of allylic oxidation sites excluding steroid dienone is 3. The Morgan fingerprint density at radius 1 is 1.83 bits per heavy atom. The van der Waals surface area contributed by atoms with Gasteiger partial charge in [-0.1, -0.05) is 0 Å². The SMILES string of the molecule is C[C]1=[C]C=[CH][BiH]1. The van der Waals surface area contributed by atoms with Crippen LogP contribution in [0.5, 0.6) is 0 Å². The molecule has 0 aromatic heterocycles. The molecule has 0 atom stereocenters. The molecular formula is C5H6Bi. The Balaban J connectivity index is 2.61. The van der Waals surface area contributed by atoms with Crippen LogP contribution in [0.1, 0.15) is 6.92 Å². The molecule has 1 aliphatic rings. The Kier molecular flexibility index (Phi) is 1.42. The van der Waals surface area contributed by atoms with Gasteiger partial charge >= 0.3 is 49.4 Å². The summed E-state index contributed by atoms with van der Waals surface area (Å²) in [6.45, 7) is 2.17. The fourth-order valence-electron chi connectivity index (χ4n) is 0.375. The zero-order chi connectivity index (χ0) is 4.41. The van der Waals surface area contributed by atoms with Crippen LogP contribution >= 0.6 is 0 Å². The Hall–Kier alpha value is 0.363. The van der Waals surface area contributed by atoms with Gasteiger partial charge in [-0.25, -0.2) is 0 Å². The predicted molar refractivity (Wildman–Crippen MR) is 28.7 cm³/mol. The summed E-state index contributed by atoms with van der Waals surface area (Å²) in [5, 5.41) is 0. The van der Waals surface area contributed by atoms with Gasteiger partial charge in [0.2, 0.25) is 0 Å². The van der Waals surface area contributed by atoms with E-state index in [1.807, 2.05) is 0 Å². The van der Waals surface area contributed by atoms with Crippen LogP contribution < -0.4 is 0 Å². The van der Waals surface area contributed by atoms with Crippen LogP contribution in [-0.2, 0) is 0 Å². The van der Waals surface area contributed by atoms with Crippen LogP contribution in [0.4, 0.5) is 0 Å². The van der Waals surface area contributed by atoms with Crippen molar-refractivity contribution in [2.75, 3.05) is 0 Å². The van der Waals surface area contributed by atoms with E-state index in [0.717, 1.165) is 0 Å². The third-order valence-corrected chi connectivity index (χ3v) is 4.22. The molecule has 0 aromatic carbocycles. The van der Waals surface area contributed by atoms with Gasteiger partial charge in [0.25, 0.3) is 0 Å². The van der Waals surface area contributed by atoms with E-state index in [9.17, 15) is 0 Å². The summed E-state index contributed by atoms with van der Waals surface area (Å²) in [5.74, 6) is 0. The quantitative estimate of drug-likeness (QED) is 0.570. The van der Waals surface area contributed by atoms with E-state index in [2.05, 4.69) is 22.9 Å².